The molecule has 1 unspecified atom stereocenters. The van der Waals surface area contributed by atoms with Gasteiger partial charge in [0.2, 0.25) is 0 Å². The van der Waals surface area contributed by atoms with Crippen LogP contribution in [-0.4, -0.2) is 10.7 Å². The van der Waals surface area contributed by atoms with E-state index in [1.54, 1.807) is 12.4 Å². The molecular weight excluding hydrogens is 144 g/mol. The molecule has 10 heavy (non-hydrogen) atoms. The molecular formula is C7H10N2S. The molecule has 1 aromatic heterocycles. The van der Waals surface area contributed by atoms with Crippen molar-refractivity contribution in [2.45, 2.75) is 6.04 Å². The van der Waals surface area contributed by atoms with Gasteiger partial charge in [0, 0.05) is 24.2 Å². The predicted molar refractivity (Wildman–Crippen MR) is 45.0 cm³/mol. The Balaban J connectivity index is 2.75. The van der Waals surface area contributed by atoms with Gasteiger partial charge in [-0.3, -0.25) is 4.98 Å². The van der Waals surface area contributed by atoms with Gasteiger partial charge in [-0.15, -0.1) is 0 Å². The molecule has 0 saturated carbocycles. The van der Waals surface area contributed by atoms with Crippen molar-refractivity contribution in [2.24, 2.45) is 5.73 Å². The third kappa shape index (κ3) is 1.72. The summed E-state index contributed by atoms with van der Waals surface area (Å²) < 4.78 is 0. The fourth-order valence-electron chi connectivity index (χ4n) is 0.716. The van der Waals surface area contributed by atoms with E-state index in [0.29, 0.717) is 5.75 Å². The zero-order valence-electron chi connectivity index (χ0n) is 5.57. The highest BCUT2D eigenvalue weighted by Crippen LogP contribution is 2.08. The molecule has 1 heterocycles. The zero-order valence-corrected chi connectivity index (χ0v) is 6.46. The third-order valence-corrected chi connectivity index (χ3v) is 1.72. The summed E-state index contributed by atoms with van der Waals surface area (Å²) in [5.41, 5.74) is 6.78. The summed E-state index contributed by atoms with van der Waals surface area (Å²) in [6, 6.07) is 3.84. The maximum atomic E-state index is 5.69. The fourth-order valence-corrected chi connectivity index (χ4v) is 0.927. The first-order chi connectivity index (χ1) is 4.84. The van der Waals surface area contributed by atoms with Crippen LogP contribution in [0, 0.1) is 0 Å². The van der Waals surface area contributed by atoms with Crippen LogP contribution < -0.4 is 5.73 Å². The maximum absolute atomic E-state index is 5.69. The van der Waals surface area contributed by atoms with E-state index in [9.17, 15) is 0 Å². The SMILES string of the molecule is NC(CS)c1ccncc1. The normalized spacial score (nSPS) is 13.0. The molecule has 0 spiro atoms. The van der Waals surface area contributed by atoms with Gasteiger partial charge in [-0.1, -0.05) is 0 Å². The number of nitrogens with two attached hydrogens (primary N) is 1. The van der Waals surface area contributed by atoms with Gasteiger partial charge in [0.1, 0.15) is 0 Å². The van der Waals surface area contributed by atoms with E-state index < -0.39 is 0 Å². The van der Waals surface area contributed by atoms with Crippen molar-refractivity contribution in [1.82, 2.24) is 4.98 Å². The molecule has 0 aliphatic rings. The monoisotopic (exact) mass is 154 g/mol. The zero-order chi connectivity index (χ0) is 7.40. The lowest BCUT2D eigenvalue weighted by Crippen LogP contribution is -2.11. The van der Waals surface area contributed by atoms with Gasteiger partial charge >= 0.3 is 0 Å². The Kier molecular flexibility index (Phi) is 2.71. The summed E-state index contributed by atoms with van der Waals surface area (Å²) in [5, 5.41) is 0. The number of rotatable bonds is 2. The average Bonchev–Trinajstić information content (AvgIpc) is 2.05. The Bertz CT molecular complexity index is 188. The first-order valence-corrected chi connectivity index (χ1v) is 3.74. The van der Waals surface area contributed by atoms with E-state index in [1.165, 1.54) is 0 Å². The van der Waals surface area contributed by atoms with Crippen LogP contribution in [0.5, 0.6) is 0 Å². The fraction of sp³-hybridized carbons (Fsp3) is 0.286. The molecule has 54 valence electrons. The predicted octanol–water partition coefficient (Wildman–Crippen LogP) is 1.01. The Morgan fingerprint density at radius 2 is 2.10 bits per heavy atom. The minimum Gasteiger partial charge on any atom is -0.323 e. The van der Waals surface area contributed by atoms with Crippen molar-refractivity contribution in [3.8, 4) is 0 Å². The molecule has 1 aromatic rings. The van der Waals surface area contributed by atoms with Crippen molar-refractivity contribution in [2.75, 3.05) is 5.75 Å². The Morgan fingerprint density at radius 1 is 1.50 bits per heavy atom. The minimum absolute atomic E-state index is 0.0336. The summed E-state index contributed by atoms with van der Waals surface area (Å²) in [6.45, 7) is 0. The van der Waals surface area contributed by atoms with Crippen LogP contribution >= 0.6 is 12.6 Å². The molecule has 3 heteroatoms. The van der Waals surface area contributed by atoms with Crippen molar-refractivity contribution in [1.29, 1.82) is 0 Å². The number of thiol groups is 1. The topological polar surface area (TPSA) is 38.9 Å². The van der Waals surface area contributed by atoms with Crippen LogP contribution in [0.2, 0.25) is 0 Å². The second kappa shape index (κ2) is 3.58. The van der Waals surface area contributed by atoms with Gasteiger partial charge in [0.05, 0.1) is 0 Å². The van der Waals surface area contributed by atoms with E-state index >= 15 is 0 Å². The molecule has 0 fully saturated rings. The number of hydrogen-bond donors (Lipinski definition) is 2. The highest BCUT2D eigenvalue weighted by atomic mass is 32.1. The van der Waals surface area contributed by atoms with Crippen molar-refractivity contribution in [3.63, 3.8) is 0 Å². The first kappa shape index (κ1) is 7.57. The molecule has 0 amide bonds. The van der Waals surface area contributed by atoms with Gasteiger partial charge in [-0.05, 0) is 17.7 Å². The number of pyridine rings is 1. The number of hydrogen-bond acceptors (Lipinski definition) is 3. The van der Waals surface area contributed by atoms with E-state index in [4.69, 9.17) is 5.73 Å². The van der Waals surface area contributed by atoms with Crippen LogP contribution in [0.4, 0.5) is 0 Å². The van der Waals surface area contributed by atoms with Crippen LogP contribution in [-0.2, 0) is 0 Å². The lowest BCUT2D eigenvalue weighted by Gasteiger charge is -2.06. The summed E-state index contributed by atoms with van der Waals surface area (Å²) in [5.74, 6) is 0.671. The van der Waals surface area contributed by atoms with Gasteiger partial charge in [-0.25, -0.2) is 0 Å². The molecule has 1 rings (SSSR count). The van der Waals surface area contributed by atoms with Crippen LogP contribution in [0.15, 0.2) is 24.5 Å². The van der Waals surface area contributed by atoms with Crippen molar-refractivity contribution >= 4 is 12.6 Å². The molecule has 0 bridgehead atoms. The second-order valence-electron chi connectivity index (χ2n) is 2.07. The standard InChI is InChI=1S/C7H10N2S/c8-7(5-10)6-1-3-9-4-2-6/h1-4,7,10H,5,8H2. The van der Waals surface area contributed by atoms with E-state index in [0.717, 1.165) is 5.56 Å². The summed E-state index contributed by atoms with van der Waals surface area (Å²) >= 11 is 4.08. The largest absolute Gasteiger partial charge is 0.323 e. The van der Waals surface area contributed by atoms with E-state index in [1.807, 2.05) is 12.1 Å². The van der Waals surface area contributed by atoms with Gasteiger partial charge < -0.3 is 5.73 Å². The van der Waals surface area contributed by atoms with Gasteiger partial charge in [0.15, 0.2) is 0 Å². The minimum atomic E-state index is 0.0336. The molecule has 0 saturated heterocycles. The number of aromatic nitrogens is 1. The lowest BCUT2D eigenvalue weighted by atomic mass is 10.1. The molecule has 0 aromatic carbocycles. The van der Waals surface area contributed by atoms with Crippen LogP contribution in [0.3, 0.4) is 0 Å². The molecule has 2 nitrogen and oxygen atoms in total. The molecule has 1 atom stereocenters. The van der Waals surface area contributed by atoms with E-state index in [-0.39, 0.29) is 6.04 Å². The average molecular weight is 154 g/mol. The summed E-state index contributed by atoms with van der Waals surface area (Å²) in [6.07, 6.45) is 3.47. The third-order valence-electron chi connectivity index (χ3n) is 1.33. The van der Waals surface area contributed by atoms with Crippen molar-refractivity contribution in [3.05, 3.63) is 30.1 Å². The number of nitrogens with zero attached hydrogens (tertiary/aromatic N) is 1. The molecule has 2 N–H and O–H groups in total. The van der Waals surface area contributed by atoms with Crippen LogP contribution in [0.1, 0.15) is 11.6 Å². The lowest BCUT2D eigenvalue weighted by molar-refractivity contribution is 0.831. The quantitative estimate of drug-likeness (QED) is 0.624. The summed E-state index contributed by atoms with van der Waals surface area (Å²) in [7, 11) is 0. The Labute approximate surface area is 65.9 Å². The first-order valence-electron chi connectivity index (χ1n) is 3.11. The molecule has 0 aliphatic carbocycles. The highest BCUT2D eigenvalue weighted by Gasteiger charge is 2.00. The Hall–Kier alpha value is -0.540. The smallest absolute Gasteiger partial charge is 0.0385 e. The van der Waals surface area contributed by atoms with E-state index in [2.05, 4.69) is 17.6 Å². The highest BCUT2D eigenvalue weighted by molar-refractivity contribution is 7.80. The van der Waals surface area contributed by atoms with Gasteiger partial charge in [-0.2, -0.15) is 12.6 Å². The Morgan fingerprint density at radius 3 is 2.60 bits per heavy atom. The maximum Gasteiger partial charge on any atom is 0.0385 e. The van der Waals surface area contributed by atoms with Gasteiger partial charge in [0.25, 0.3) is 0 Å². The molecule has 0 aliphatic heterocycles. The molecule has 0 radical (unpaired) electrons. The second-order valence-corrected chi connectivity index (χ2v) is 2.43. The summed E-state index contributed by atoms with van der Waals surface area (Å²) in [4.78, 5) is 3.88. The van der Waals surface area contributed by atoms with Crippen LogP contribution in [0.25, 0.3) is 0 Å². The van der Waals surface area contributed by atoms with Crippen molar-refractivity contribution < 1.29 is 0 Å².